The first-order valence-electron chi connectivity index (χ1n) is 20.0. The second-order valence-electron chi connectivity index (χ2n) is 18.5. The van der Waals surface area contributed by atoms with Crippen molar-refractivity contribution >= 4 is 29.8 Å². The highest BCUT2D eigenvalue weighted by Crippen LogP contribution is 2.14. The maximum Gasteiger partial charge on any atom is 0.320 e. The Morgan fingerprint density at radius 3 is 1.13 bits per heavy atom. The number of hydrogen-bond acceptors (Lipinski definition) is 12. The van der Waals surface area contributed by atoms with E-state index in [0.29, 0.717) is 25.6 Å². The zero-order chi connectivity index (χ0) is 41.8. The summed E-state index contributed by atoms with van der Waals surface area (Å²) >= 11 is 0. The van der Waals surface area contributed by atoms with Crippen molar-refractivity contribution in [3.63, 3.8) is 0 Å². The van der Waals surface area contributed by atoms with Crippen molar-refractivity contribution in [2.45, 2.75) is 164 Å². The van der Waals surface area contributed by atoms with Crippen molar-refractivity contribution in [3.8, 4) is 0 Å². The normalized spacial score (nSPS) is 13.2. The molecule has 0 aliphatic heterocycles. The Kier molecular flexibility index (Phi) is 23.4. The number of carbonyl (C=O) groups is 5. The van der Waals surface area contributed by atoms with Crippen LogP contribution in [0.5, 0.6) is 0 Å². The molecule has 1 unspecified atom stereocenters. The van der Waals surface area contributed by atoms with E-state index < -0.39 is 46.3 Å². The summed E-state index contributed by atoms with van der Waals surface area (Å²) in [5.41, 5.74) is -2.85. The molecule has 0 aliphatic carbocycles. The molecule has 13 nitrogen and oxygen atoms in total. The monoisotopic (exact) mass is 771 g/mol. The van der Waals surface area contributed by atoms with Crippen LogP contribution in [0.25, 0.3) is 0 Å². The van der Waals surface area contributed by atoms with Crippen LogP contribution in [-0.2, 0) is 42.9 Å². The van der Waals surface area contributed by atoms with Crippen molar-refractivity contribution < 1.29 is 42.9 Å². The molecule has 0 spiro atoms. The first-order valence-corrected chi connectivity index (χ1v) is 20.0. The van der Waals surface area contributed by atoms with Gasteiger partial charge in [0.2, 0.25) is 5.91 Å². The average molecular weight is 771 g/mol. The molecule has 1 N–H and O–H groups in total. The van der Waals surface area contributed by atoms with E-state index in [0.717, 1.165) is 12.8 Å². The molecule has 0 aromatic heterocycles. The van der Waals surface area contributed by atoms with Crippen molar-refractivity contribution in [3.05, 3.63) is 0 Å². The molecule has 0 rings (SSSR count). The lowest BCUT2D eigenvalue weighted by molar-refractivity contribution is -0.162. The van der Waals surface area contributed by atoms with Crippen LogP contribution in [0, 0.1) is 5.92 Å². The van der Waals surface area contributed by atoms with E-state index >= 15 is 0 Å². The van der Waals surface area contributed by atoms with Crippen LogP contribution in [0.1, 0.15) is 142 Å². The van der Waals surface area contributed by atoms with Gasteiger partial charge in [0.05, 0.1) is 32.7 Å². The summed E-state index contributed by atoms with van der Waals surface area (Å²) in [7, 11) is 0. The minimum absolute atomic E-state index is 0.0309. The van der Waals surface area contributed by atoms with Gasteiger partial charge in [-0.25, -0.2) is 0 Å². The van der Waals surface area contributed by atoms with Gasteiger partial charge in [-0.2, -0.15) is 0 Å². The first-order chi connectivity index (χ1) is 24.7. The van der Waals surface area contributed by atoms with E-state index in [9.17, 15) is 24.0 Å². The second kappa shape index (κ2) is 24.7. The third-order valence-electron chi connectivity index (χ3n) is 7.62. The van der Waals surface area contributed by atoms with E-state index in [1.54, 1.807) is 92.9 Å². The van der Waals surface area contributed by atoms with Crippen LogP contribution >= 0.6 is 0 Å². The predicted octanol–water partition coefficient (Wildman–Crippen LogP) is 5.76. The van der Waals surface area contributed by atoms with Gasteiger partial charge in [-0.05, 0) is 95.4 Å². The van der Waals surface area contributed by atoms with E-state index in [-0.39, 0.29) is 51.7 Å². The van der Waals surface area contributed by atoms with Crippen LogP contribution in [0.4, 0.5) is 0 Å². The molecule has 0 saturated heterocycles. The molecule has 1 atom stereocenters. The maximum atomic E-state index is 13.4. The molecule has 0 aromatic carbocycles. The summed E-state index contributed by atoms with van der Waals surface area (Å²) in [6, 6.07) is 0. The third-order valence-corrected chi connectivity index (χ3v) is 7.62. The zero-order valence-electron chi connectivity index (χ0n) is 36.6. The molecular formula is C41H78N4O9. The fourth-order valence-corrected chi connectivity index (χ4v) is 5.41. The van der Waals surface area contributed by atoms with Crippen molar-refractivity contribution in [2.24, 2.45) is 5.92 Å². The summed E-state index contributed by atoms with van der Waals surface area (Å²) in [6.07, 6.45) is 8.33. The smallest absolute Gasteiger partial charge is 0.320 e. The van der Waals surface area contributed by atoms with Crippen LogP contribution in [0.2, 0.25) is 0 Å². The standard InChI is InChI=1S/C41H78N4O9/c1-15-16-17-18-19-20-21-32(2)26-42-33(46)27-43(22-24-44(28-34(47)51-38(3,4)5)29-35(48)52-39(6,7)8)23-25-45(30-36(49)53-40(9,10)11)31-37(50)54-41(12,13)14/h32H,15-31H2,1-14H3,(H,42,46). The maximum absolute atomic E-state index is 13.4. The zero-order valence-corrected chi connectivity index (χ0v) is 36.6. The van der Waals surface area contributed by atoms with E-state index in [1.165, 1.54) is 32.1 Å². The largest absolute Gasteiger partial charge is 0.459 e. The Bertz CT molecular complexity index is 1010. The minimum atomic E-state index is -0.712. The highest BCUT2D eigenvalue weighted by molar-refractivity contribution is 5.78. The number of amides is 1. The number of carbonyl (C=O) groups excluding carboxylic acids is 5. The Labute approximate surface area is 327 Å². The molecule has 0 aromatic rings. The van der Waals surface area contributed by atoms with Gasteiger partial charge < -0.3 is 24.3 Å². The summed E-state index contributed by atoms with van der Waals surface area (Å²) < 4.78 is 22.2. The SMILES string of the molecule is CCCCCCCCC(C)CNC(=O)CN(CCN(CC(=O)OC(C)(C)C)CC(=O)OC(C)(C)C)CCN(CC(=O)OC(C)(C)C)CC(=O)OC(C)(C)C. The Morgan fingerprint density at radius 1 is 0.481 bits per heavy atom. The number of nitrogens with zero attached hydrogens (tertiary/aromatic N) is 3. The summed E-state index contributed by atoms with van der Waals surface area (Å²) in [5.74, 6) is -1.80. The number of unbranched alkanes of at least 4 members (excludes halogenated alkanes) is 5. The quantitative estimate of drug-likeness (QED) is 0.0685. The Hall–Kier alpha value is -2.77. The molecule has 0 radical (unpaired) electrons. The molecule has 0 heterocycles. The highest BCUT2D eigenvalue weighted by Gasteiger charge is 2.27. The molecule has 0 bridgehead atoms. The highest BCUT2D eigenvalue weighted by atomic mass is 16.6. The van der Waals surface area contributed by atoms with Crippen LogP contribution in [0.15, 0.2) is 0 Å². The summed E-state index contributed by atoms with van der Waals surface area (Å²) in [5, 5.41) is 3.08. The lowest BCUT2D eigenvalue weighted by Gasteiger charge is -2.30. The van der Waals surface area contributed by atoms with Gasteiger partial charge in [0, 0.05) is 32.7 Å². The van der Waals surface area contributed by atoms with Crippen LogP contribution in [-0.4, -0.2) is 132 Å². The van der Waals surface area contributed by atoms with Gasteiger partial charge in [0.25, 0.3) is 0 Å². The minimum Gasteiger partial charge on any atom is -0.459 e. The van der Waals surface area contributed by atoms with Gasteiger partial charge in [-0.1, -0.05) is 52.4 Å². The van der Waals surface area contributed by atoms with Crippen molar-refractivity contribution in [1.82, 2.24) is 20.0 Å². The number of ether oxygens (including phenoxy) is 4. The third kappa shape index (κ3) is 31.6. The van der Waals surface area contributed by atoms with Crippen LogP contribution in [0.3, 0.4) is 0 Å². The fraction of sp³-hybridized carbons (Fsp3) is 0.878. The van der Waals surface area contributed by atoms with E-state index in [1.807, 2.05) is 4.90 Å². The molecule has 0 fully saturated rings. The average Bonchev–Trinajstić information content (AvgIpc) is 2.94. The predicted molar refractivity (Wildman–Crippen MR) is 213 cm³/mol. The number of hydrogen-bond donors (Lipinski definition) is 1. The molecule has 13 heteroatoms. The van der Waals surface area contributed by atoms with Crippen molar-refractivity contribution in [1.29, 1.82) is 0 Å². The Morgan fingerprint density at radius 2 is 0.796 bits per heavy atom. The fourth-order valence-electron chi connectivity index (χ4n) is 5.41. The van der Waals surface area contributed by atoms with Gasteiger partial charge in [-0.3, -0.25) is 38.7 Å². The number of rotatable bonds is 25. The van der Waals surface area contributed by atoms with Gasteiger partial charge in [-0.15, -0.1) is 0 Å². The van der Waals surface area contributed by atoms with Gasteiger partial charge >= 0.3 is 23.9 Å². The summed E-state index contributed by atoms with van der Waals surface area (Å²) in [6.45, 7) is 26.7. The topological polar surface area (TPSA) is 144 Å². The molecule has 1 amide bonds. The molecular weight excluding hydrogens is 692 g/mol. The lowest BCUT2D eigenvalue weighted by atomic mass is 10.0. The van der Waals surface area contributed by atoms with E-state index in [4.69, 9.17) is 18.9 Å². The van der Waals surface area contributed by atoms with E-state index in [2.05, 4.69) is 19.2 Å². The van der Waals surface area contributed by atoms with Gasteiger partial charge in [0.15, 0.2) is 0 Å². The Balaban J connectivity index is 6.04. The second-order valence-corrected chi connectivity index (χ2v) is 18.5. The van der Waals surface area contributed by atoms with Gasteiger partial charge in [0.1, 0.15) is 22.4 Å². The first kappa shape index (κ1) is 51.2. The molecule has 316 valence electrons. The number of esters is 4. The number of nitrogens with one attached hydrogen (secondary N) is 1. The molecule has 0 saturated carbocycles. The van der Waals surface area contributed by atoms with Crippen LogP contribution < -0.4 is 5.32 Å². The van der Waals surface area contributed by atoms with Crippen molar-refractivity contribution in [2.75, 3.05) is 65.4 Å². The molecule has 54 heavy (non-hydrogen) atoms. The summed E-state index contributed by atoms with van der Waals surface area (Å²) in [4.78, 5) is 70.1. The molecule has 0 aliphatic rings. The lowest BCUT2D eigenvalue weighted by Crippen LogP contribution is -2.48.